The summed E-state index contributed by atoms with van der Waals surface area (Å²) in [5.74, 6) is 0.183. The fourth-order valence-electron chi connectivity index (χ4n) is 0.840. The molecule has 0 radical (unpaired) electrons. The quantitative estimate of drug-likeness (QED) is 0.656. The van der Waals surface area contributed by atoms with Gasteiger partial charge in [-0.1, -0.05) is 20.4 Å². The summed E-state index contributed by atoms with van der Waals surface area (Å²) in [6, 6.07) is -0.0394. The summed E-state index contributed by atoms with van der Waals surface area (Å²) in [7, 11) is 0. The fraction of sp³-hybridized carbons (Fsp3) is 0.667. The van der Waals surface area contributed by atoms with Crippen LogP contribution in [0.15, 0.2) is 12.3 Å². The molecule has 0 amide bonds. The normalized spacial score (nSPS) is 12.3. The Labute approximate surface area is 68.7 Å². The van der Waals surface area contributed by atoms with Crippen LogP contribution in [-0.4, -0.2) is 11.8 Å². The Morgan fingerprint density at radius 2 is 2.09 bits per heavy atom. The van der Waals surface area contributed by atoms with E-state index in [4.69, 9.17) is 0 Å². The third-order valence-electron chi connectivity index (χ3n) is 1.70. The third kappa shape index (κ3) is 3.81. The Hall–Kier alpha value is -0.790. The predicted molar refractivity (Wildman–Crippen MR) is 47.3 cm³/mol. The molecule has 2 nitrogen and oxygen atoms in total. The van der Waals surface area contributed by atoms with Crippen molar-refractivity contribution in [2.45, 2.75) is 39.7 Å². The van der Waals surface area contributed by atoms with Crippen LogP contribution in [0, 0.1) is 0 Å². The molecule has 0 aliphatic rings. The molecule has 0 fully saturated rings. The van der Waals surface area contributed by atoms with Gasteiger partial charge in [-0.2, -0.15) is 0 Å². The van der Waals surface area contributed by atoms with Gasteiger partial charge in [0.15, 0.2) is 5.78 Å². The van der Waals surface area contributed by atoms with Gasteiger partial charge in [0.1, 0.15) is 0 Å². The molecule has 64 valence electrons. The minimum atomic E-state index is -0.0394. The van der Waals surface area contributed by atoms with Crippen LogP contribution in [0.3, 0.4) is 0 Å². The van der Waals surface area contributed by atoms with Gasteiger partial charge in [0.2, 0.25) is 0 Å². The first-order valence-corrected chi connectivity index (χ1v) is 4.06. The molecule has 1 N–H and O–H groups in total. The SMILES string of the molecule is C=C(CC)N[C@@H](CC)C(C)=O. The molecular weight excluding hydrogens is 138 g/mol. The summed E-state index contributed by atoms with van der Waals surface area (Å²) in [6.45, 7) is 9.39. The highest BCUT2D eigenvalue weighted by atomic mass is 16.1. The summed E-state index contributed by atoms with van der Waals surface area (Å²) in [5.41, 5.74) is 0.937. The van der Waals surface area contributed by atoms with Gasteiger partial charge in [0.05, 0.1) is 6.04 Å². The van der Waals surface area contributed by atoms with E-state index in [0.717, 1.165) is 18.5 Å². The average molecular weight is 155 g/mol. The minimum Gasteiger partial charge on any atom is -0.379 e. The van der Waals surface area contributed by atoms with Gasteiger partial charge in [-0.05, 0) is 19.8 Å². The van der Waals surface area contributed by atoms with Crippen molar-refractivity contribution in [3.05, 3.63) is 12.3 Å². The van der Waals surface area contributed by atoms with Gasteiger partial charge in [-0.15, -0.1) is 0 Å². The lowest BCUT2D eigenvalue weighted by Crippen LogP contribution is -2.33. The molecule has 0 aliphatic heterocycles. The highest BCUT2D eigenvalue weighted by Gasteiger charge is 2.09. The van der Waals surface area contributed by atoms with E-state index in [0.29, 0.717) is 0 Å². The monoisotopic (exact) mass is 155 g/mol. The zero-order valence-electron chi connectivity index (χ0n) is 7.61. The number of carbonyl (C=O) groups is 1. The molecule has 0 aromatic heterocycles. The summed E-state index contributed by atoms with van der Waals surface area (Å²) in [4.78, 5) is 10.9. The molecule has 0 rings (SSSR count). The van der Waals surface area contributed by atoms with Crippen molar-refractivity contribution in [2.24, 2.45) is 0 Å². The Balaban J connectivity index is 3.88. The second-order valence-corrected chi connectivity index (χ2v) is 2.67. The number of nitrogens with one attached hydrogen (secondary N) is 1. The standard InChI is InChI=1S/C9H17NO/c1-5-7(3)10-9(6-2)8(4)11/h9-10H,3,5-6H2,1-2,4H3/t9-/m0/s1. The Morgan fingerprint density at radius 3 is 2.36 bits per heavy atom. The molecule has 2 heteroatoms. The van der Waals surface area contributed by atoms with Crippen molar-refractivity contribution in [3.63, 3.8) is 0 Å². The van der Waals surface area contributed by atoms with Crippen molar-refractivity contribution >= 4 is 5.78 Å². The van der Waals surface area contributed by atoms with E-state index in [2.05, 4.69) is 11.9 Å². The summed E-state index contributed by atoms with van der Waals surface area (Å²) >= 11 is 0. The third-order valence-corrected chi connectivity index (χ3v) is 1.70. The van der Waals surface area contributed by atoms with Gasteiger partial charge in [-0.25, -0.2) is 0 Å². The van der Waals surface area contributed by atoms with E-state index in [9.17, 15) is 4.79 Å². The lowest BCUT2D eigenvalue weighted by molar-refractivity contribution is -0.118. The first kappa shape index (κ1) is 10.2. The minimum absolute atomic E-state index is 0.0394. The molecule has 0 unspecified atom stereocenters. The van der Waals surface area contributed by atoms with Crippen LogP contribution in [-0.2, 0) is 4.79 Å². The first-order chi connectivity index (χ1) is 5.11. The van der Waals surface area contributed by atoms with Crippen molar-refractivity contribution < 1.29 is 4.79 Å². The van der Waals surface area contributed by atoms with E-state index >= 15 is 0 Å². The summed E-state index contributed by atoms with van der Waals surface area (Å²) in [5, 5.41) is 3.07. The molecule has 0 spiro atoms. The van der Waals surface area contributed by atoms with Crippen LogP contribution in [0.4, 0.5) is 0 Å². The second kappa shape index (κ2) is 4.94. The molecule has 0 heterocycles. The molecule has 11 heavy (non-hydrogen) atoms. The molecular formula is C9H17NO. The predicted octanol–water partition coefficient (Wildman–Crippen LogP) is 1.87. The molecule has 0 bridgehead atoms. The van der Waals surface area contributed by atoms with Gasteiger partial charge in [-0.3, -0.25) is 4.79 Å². The largest absolute Gasteiger partial charge is 0.379 e. The number of allylic oxidation sites excluding steroid dienone is 1. The first-order valence-electron chi connectivity index (χ1n) is 4.06. The Morgan fingerprint density at radius 1 is 1.55 bits per heavy atom. The van der Waals surface area contributed by atoms with Crippen molar-refractivity contribution in [2.75, 3.05) is 0 Å². The Kier molecular flexibility index (Phi) is 4.59. The number of Topliss-reactive ketones (excluding diaryl/α,β-unsaturated/α-hetero) is 1. The van der Waals surface area contributed by atoms with Gasteiger partial charge in [0, 0.05) is 5.70 Å². The zero-order valence-corrected chi connectivity index (χ0v) is 7.61. The van der Waals surface area contributed by atoms with E-state index in [1.54, 1.807) is 6.92 Å². The lowest BCUT2D eigenvalue weighted by atomic mass is 10.1. The smallest absolute Gasteiger partial charge is 0.151 e. The maximum Gasteiger partial charge on any atom is 0.151 e. The molecule has 0 aliphatic carbocycles. The molecule has 0 aromatic rings. The van der Waals surface area contributed by atoms with Gasteiger partial charge >= 0.3 is 0 Å². The van der Waals surface area contributed by atoms with Crippen LogP contribution in [0.5, 0.6) is 0 Å². The molecule has 1 atom stereocenters. The highest BCUT2D eigenvalue weighted by Crippen LogP contribution is 1.98. The molecule has 0 aromatic carbocycles. The number of hydrogen-bond acceptors (Lipinski definition) is 2. The van der Waals surface area contributed by atoms with Crippen molar-refractivity contribution in [3.8, 4) is 0 Å². The van der Waals surface area contributed by atoms with Crippen LogP contribution in [0.25, 0.3) is 0 Å². The van der Waals surface area contributed by atoms with Crippen LogP contribution in [0.1, 0.15) is 33.6 Å². The summed E-state index contributed by atoms with van der Waals surface area (Å²) < 4.78 is 0. The second-order valence-electron chi connectivity index (χ2n) is 2.67. The van der Waals surface area contributed by atoms with Crippen LogP contribution >= 0.6 is 0 Å². The van der Waals surface area contributed by atoms with Gasteiger partial charge in [0.25, 0.3) is 0 Å². The highest BCUT2D eigenvalue weighted by molar-refractivity contribution is 5.81. The number of hydrogen-bond donors (Lipinski definition) is 1. The number of carbonyl (C=O) groups excluding carboxylic acids is 1. The van der Waals surface area contributed by atoms with Crippen molar-refractivity contribution in [1.82, 2.24) is 5.32 Å². The topological polar surface area (TPSA) is 29.1 Å². The zero-order chi connectivity index (χ0) is 8.85. The van der Waals surface area contributed by atoms with E-state index in [1.807, 2.05) is 13.8 Å². The number of ketones is 1. The Bertz CT molecular complexity index is 152. The number of rotatable bonds is 5. The van der Waals surface area contributed by atoms with E-state index in [-0.39, 0.29) is 11.8 Å². The van der Waals surface area contributed by atoms with Crippen molar-refractivity contribution in [1.29, 1.82) is 0 Å². The van der Waals surface area contributed by atoms with Crippen LogP contribution < -0.4 is 5.32 Å². The van der Waals surface area contributed by atoms with Crippen LogP contribution in [0.2, 0.25) is 0 Å². The van der Waals surface area contributed by atoms with E-state index < -0.39 is 0 Å². The lowest BCUT2D eigenvalue weighted by Gasteiger charge is -2.15. The summed E-state index contributed by atoms with van der Waals surface area (Å²) in [6.07, 6.45) is 1.71. The fourth-order valence-corrected chi connectivity index (χ4v) is 0.840. The maximum atomic E-state index is 10.9. The average Bonchev–Trinajstić information content (AvgIpc) is 1.99. The van der Waals surface area contributed by atoms with Gasteiger partial charge < -0.3 is 5.32 Å². The maximum absolute atomic E-state index is 10.9. The molecule has 0 saturated carbocycles. The van der Waals surface area contributed by atoms with E-state index in [1.165, 1.54) is 0 Å². The molecule has 0 saturated heterocycles.